The molecule has 0 spiro atoms. The van der Waals surface area contributed by atoms with E-state index >= 15 is 0 Å². The highest BCUT2D eigenvalue weighted by atomic mass is 16.3. The number of hydrogen-bond donors (Lipinski definition) is 1. The van der Waals surface area contributed by atoms with Gasteiger partial charge in [-0.05, 0) is 23.8 Å². The molecule has 0 saturated carbocycles. The van der Waals surface area contributed by atoms with Crippen LogP contribution in [-0.4, -0.2) is 15.6 Å². The van der Waals surface area contributed by atoms with Crippen molar-refractivity contribution in [2.24, 2.45) is 0 Å². The van der Waals surface area contributed by atoms with Gasteiger partial charge in [0.1, 0.15) is 0 Å². The van der Waals surface area contributed by atoms with E-state index in [1.54, 1.807) is 12.3 Å². The van der Waals surface area contributed by atoms with Gasteiger partial charge < -0.3 is 5.11 Å². The Morgan fingerprint density at radius 1 is 1.47 bits per heavy atom. The van der Waals surface area contributed by atoms with Crippen LogP contribution in [0.15, 0.2) is 43.1 Å². The molecule has 2 aromatic rings. The molecule has 0 atom stereocenters. The monoisotopic (exact) mass is 201 g/mol. The van der Waals surface area contributed by atoms with Gasteiger partial charge in [0.2, 0.25) is 0 Å². The number of fused-ring (bicyclic) bond motifs is 1. The summed E-state index contributed by atoms with van der Waals surface area (Å²) in [6.07, 6.45) is 2.97. The highest BCUT2D eigenvalue weighted by Gasteiger charge is 2.05. The average molecular weight is 201 g/mol. The summed E-state index contributed by atoms with van der Waals surface area (Å²) in [6, 6.07) is 7.38. The summed E-state index contributed by atoms with van der Waals surface area (Å²) in [6.45, 7) is 3.42. The summed E-state index contributed by atoms with van der Waals surface area (Å²) >= 11 is 0. The summed E-state index contributed by atoms with van der Waals surface area (Å²) in [4.78, 5) is 11.5. The highest BCUT2D eigenvalue weighted by Crippen LogP contribution is 2.17. The number of nitrogens with zero attached hydrogens (tertiary/aromatic N) is 1. The lowest BCUT2D eigenvalue weighted by molar-refractivity contribution is 0.0974. The van der Waals surface area contributed by atoms with Crippen molar-refractivity contribution < 1.29 is 9.90 Å². The van der Waals surface area contributed by atoms with Crippen LogP contribution < -0.4 is 0 Å². The number of allylic oxidation sites excluding steroid dienone is 1. The van der Waals surface area contributed by atoms with E-state index in [2.05, 4.69) is 6.58 Å². The molecule has 3 heteroatoms. The maximum atomic E-state index is 11.5. The Labute approximate surface area is 87.3 Å². The van der Waals surface area contributed by atoms with E-state index in [1.807, 2.05) is 18.2 Å². The summed E-state index contributed by atoms with van der Waals surface area (Å²) in [5, 5.41) is 9.98. The first-order valence-electron chi connectivity index (χ1n) is 4.64. The summed E-state index contributed by atoms with van der Waals surface area (Å²) in [7, 11) is 0. The zero-order chi connectivity index (χ0) is 10.8. The molecule has 2 rings (SSSR count). The topological polar surface area (TPSA) is 42.2 Å². The summed E-state index contributed by atoms with van der Waals surface area (Å²) in [5.41, 5.74) is 1.59. The van der Waals surface area contributed by atoms with Crippen molar-refractivity contribution in [2.75, 3.05) is 0 Å². The number of aromatic nitrogens is 1. The first-order chi connectivity index (χ1) is 7.26. The molecule has 0 radical (unpaired) electrons. The molecule has 1 aromatic carbocycles. The van der Waals surface area contributed by atoms with Gasteiger partial charge in [0.25, 0.3) is 5.91 Å². The number of aliphatic hydroxyl groups excluding tert-OH is 1. The third-order valence-electron chi connectivity index (χ3n) is 2.35. The zero-order valence-corrected chi connectivity index (χ0v) is 8.18. The van der Waals surface area contributed by atoms with Gasteiger partial charge in [-0.1, -0.05) is 18.7 Å². The number of carbonyl (C=O) groups excluding carboxylic acids is 1. The van der Waals surface area contributed by atoms with Crippen LogP contribution in [0, 0.1) is 0 Å². The quantitative estimate of drug-likeness (QED) is 0.755. The lowest BCUT2D eigenvalue weighted by Crippen LogP contribution is -2.04. The van der Waals surface area contributed by atoms with E-state index in [0.717, 1.165) is 16.5 Å². The Morgan fingerprint density at radius 3 is 2.93 bits per heavy atom. The van der Waals surface area contributed by atoms with E-state index in [-0.39, 0.29) is 12.5 Å². The second-order valence-electron chi connectivity index (χ2n) is 3.28. The van der Waals surface area contributed by atoms with Crippen LogP contribution in [0.4, 0.5) is 0 Å². The molecular formula is C12H11NO2. The smallest absolute Gasteiger partial charge is 0.254 e. The number of rotatable bonds is 2. The zero-order valence-electron chi connectivity index (χ0n) is 8.18. The minimum Gasteiger partial charge on any atom is -0.392 e. The molecule has 0 aliphatic heterocycles. The minimum atomic E-state index is -0.167. The second-order valence-corrected chi connectivity index (χ2v) is 3.28. The Balaban J connectivity index is 2.66. The molecule has 0 saturated heterocycles. The van der Waals surface area contributed by atoms with Crippen molar-refractivity contribution in [3.8, 4) is 0 Å². The van der Waals surface area contributed by atoms with Crippen LogP contribution in [0.2, 0.25) is 0 Å². The number of carbonyl (C=O) groups is 1. The van der Waals surface area contributed by atoms with Gasteiger partial charge in [-0.3, -0.25) is 9.36 Å². The standard InChI is InChI=1S/C12H11NO2/c1-2-12(15)13-6-5-10-4-3-9(8-14)7-11(10)13/h2-7,14H,1,8H2. The van der Waals surface area contributed by atoms with E-state index in [1.165, 1.54) is 10.6 Å². The fraction of sp³-hybridized carbons (Fsp3) is 0.0833. The molecule has 1 heterocycles. The normalized spacial score (nSPS) is 10.5. The Morgan fingerprint density at radius 2 is 2.27 bits per heavy atom. The number of hydrogen-bond acceptors (Lipinski definition) is 2. The molecule has 1 N–H and O–H groups in total. The maximum absolute atomic E-state index is 11.5. The van der Waals surface area contributed by atoms with Gasteiger partial charge >= 0.3 is 0 Å². The van der Waals surface area contributed by atoms with Gasteiger partial charge in [0, 0.05) is 11.6 Å². The van der Waals surface area contributed by atoms with Gasteiger partial charge in [0.05, 0.1) is 12.1 Å². The molecule has 76 valence electrons. The lowest BCUT2D eigenvalue weighted by Gasteiger charge is -2.01. The van der Waals surface area contributed by atoms with Crippen molar-refractivity contribution in [3.63, 3.8) is 0 Å². The molecule has 15 heavy (non-hydrogen) atoms. The average Bonchev–Trinajstić information content (AvgIpc) is 2.70. The first-order valence-corrected chi connectivity index (χ1v) is 4.64. The molecule has 0 bridgehead atoms. The van der Waals surface area contributed by atoms with E-state index in [4.69, 9.17) is 5.11 Å². The first kappa shape index (κ1) is 9.68. The van der Waals surface area contributed by atoms with E-state index in [0.29, 0.717) is 0 Å². The number of aliphatic hydroxyl groups is 1. The predicted octanol–water partition coefficient (Wildman–Crippen LogP) is 1.96. The predicted molar refractivity (Wildman–Crippen MR) is 58.7 cm³/mol. The third-order valence-corrected chi connectivity index (χ3v) is 2.35. The maximum Gasteiger partial charge on any atom is 0.254 e. The van der Waals surface area contributed by atoms with Gasteiger partial charge in [-0.25, -0.2) is 0 Å². The van der Waals surface area contributed by atoms with Crippen LogP contribution in [0.25, 0.3) is 10.9 Å². The van der Waals surface area contributed by atoms with Gasteiger partial charge in [-0.2, -0.15) is 0 Å². The molecular weight excluding hydrogens is 190 g/mol. The molecule has 0 amide bonds. The minimum absolute atomic E-state index is 0.0244. The van der Waals surface area contributed by atoms with E-state index < -0.39 is 0 Å². The Kier molecular flexibility index (Phi) is 2.39. The van der Waals surface area contributed by atoms with Crippen LogP contribution >= 0.6 is 0 Å². The summed E-state index contributed by atoms with van der Waals surface area (Å²) in [5.74, 6) is -0.167. The molecule has 0 aliphatic carbocycles. The molecule has 3 nitrogen and oxygen atoms in total. The van der Waals surface area contributed by atoms with Crippen LogP contribution in [0.5, 0.6) is 0 Å². The lowest BCUT2D eigenvalue weighted by atomic mass is 10.2. The third kappa shape index (κ3) is 1.57. The summed E-state index contributed by atoms with van der Waals surface area (Å²) < 4.78 is 1.52. The Bertz CT molecular complexity index is 525. The van der Waals surface area contributed by atoms with Crippen molar-refractivity contribution >= 4 is 16.8 Å². The Hall–Kier alpha value is -1.87. The van der Waals surface area contributed by atoms with Crippen LogP contribution in [0.1, 0.15) is 10.4 Å². The molecule has 0 unspecified atom stereocenters. The molecule has 1 aromatic heterocycles. The van der Waals surface area contributed by atoms with Gasteiger partial charge in [-0.15, -0.1) is 0 Å². The van der Waals surface area contributed by atoms with Crippen molar-refractivity contribution in [3.05, 3.63) is 48.7 Å². The van der Waals surface area contributed by atoms with Crippen molar-refractivity contribution in [1.82, 2.24) is 4.57 Å². The number of benzene rings is 1. The fourth-order valence-electron chi connectivity index (χ4n) is 1.56. The van der Waals surface area contributed by atoms with E-state index in [9.17, 15) is 4.79 Å². The van der Waals surface area contributed by atoms with Crippen molar-refractivity contribution in [1.29, 1.82) is 0 Å². The van der Waals surface area contributed by atoms with Crippen molar-refractivity contribution in [2.45, 2.75) is 6.61 Å². The van der Waals surface area contributed by atoms with Gasteiger partial charge in [0.15, 0.2) is 0 Å². The van der Waals surface area contributed by atoms with Crippen LogP contribution in [-0.2, 0) is 6.61 Å². The SMILES string of the molecule is C=CC(=O)n1ccc2ccc(CO)cc21. The fourth-order valence-corrected chi connectivity index (χ4v) is 1.56. The second kappa shape index (κ2) is 3.71. The molecule has 0 aliphatic rings. The molecule has 0 fully saturated rings. The highest BCUT2D eigenvalue weighted by molar-refractivity contribution is 5.97. The van der Waals surface area contributed by atoms with Crippen LogP contribution in [0.3, 0.4) is 0 Å². The largest absolute Gasteiger partial charge is 0.392 e.